The minimum absolute atomic E-state index is 0.0545. The third-order valence-electron chi connectivity index (χ3n) is 3.73. The first-order valence-corrected chi connectivity index (χ1v) is 8.32. The number of halogens is 2. The van der Waals surface area contributed by atoms with Gasteiger partial charge in [-0.3, -0.25) is 9.59 Å². The van der Waals surface area contributed by atoms with Crippen LogP contribution >= 0.6 is 23.2 Å². The molecule has 2 unspecified atom stereocenters. The Labute approximate surface area is 146 Å². The van der Waals surface area contributed by atoms with Crippen molar-refractivity contribution in [1.82, 2.24) is 10.2 Å². The summed E-state index contributed by atoms with van der Waals surface area (Å²) in [6.07, 6.45) is 1.46. The Morgan fingerprint density at radius 2 is 1.91 bits per heavy atom. The quantitative estimate of drug-likeness (QED) is 0.737. The Bertz CT molecular complexity index is 593. The molecule has 1 aliphatic rings. The second-order valence-electron chi connectivity index (χ2n) is 6.01. The molecule has 1 saturated carbocycles. The standard InChI is InChI=1S/C16H21Cl2N3O2/c1-21(2)7-3-6-19-15(22)11-9-12(11)16(23)20-14-8-10(17)4-5-13(14)18/h4-5,8,11-12H,3,6-7,9H2,1-2H3,(H,19,22)(H,20,23). The van der Waals surface area contributed by atoms with E-state index in [4.69, 9.17) is 23.2 Å². The third-order valence-corrected chi connectivity index (χ3v) is 4.30. The summed E-state index contributed by atoms with van der Waals surface area (Å²) < 4.78 is 0. The minimum Gasteiger partial charge on any atom is -0.356 e. The van der Waals surface area contributed by atoms with E-state index in [0.29, 0.717) is 28.7 Å². The Morgan fingerprint density at radius 1 is 1.22 bits per heavy atom. The van der Waals surface area contributed by atoms with Crippen LogP contribution in [0.4, 0.5) is 5.69 Å². The van der Waals surface area contributed by atoms with E-state index in [1.165, 1.54) is 0 Å². The monoisotopic (exact) mass is 357 g/mol. The molecule has 2 N–H and O–H groups in total. The van der Waals surface area contributed by atoms with Crippen LogP contribution < -0.4 is 10.6 Å². The van der Waals surface area contributed by atoms with Gasteiger partial charge in [-0.05, 0) is 51.7 Å². The summed E-state index contributed by atoms with van der Waals surface area (Å²) in [7, 11) is 3.98. The van der Waals surface area contributed by atoms with E-state index in [-0.39, 0.29) is 23.7 Å². The summed E-state index contributed by atoms with van der Waals surface area (Å²) in [6.45, 7) is 1.55. The highest BCUT2D eigenvalue weighted by Gasteiger charge is 2.47. The molecule has 1 aliphatic carbocycles. The van der Waals surface area contributed by atoms with Crippen LogP contribution in [0.3, 0.4) is 0 Å². The molecule has 0 bridgehead atoms. The minimum atomic E-state index is -0.293. The Morgan fingerprint density at radius 3 is 2.61 bits per heavy atom. The highest BCUT2D eigenvalue weighted by molar-refractivity contribution is 6.35. The molecule has 126 valence electrons. The maximum Gasteiger partial charge on any atom is 0.228 e. The molecule has 2 atom stereocenters. The van der Waals surface area contributed by atoms with Gasteiger partial charge in [0.15, 0.2) is 0 Å². The molecule has 7 heteroatoms. The summed E-state index contributed by atoms with van der Waals surface area (Å²) in [5.74, 6) is -0.782. The second kappa shape index (κ2) is 7.99. The van der Waals surface area contributed by atoms with Crippen LogP contribution in [0.25, 0.3) is 0 Å². The van der Waals surface area contributed by atoms with Gasteiger partial charge in [-0.1, -0.05) is 23.2 Å². The van der Waals surface area contributed by atoms with Gasteiger partial charge in [0.1, 0.15) is 0 Å². The summed E-state index contributed by atoms with van der Waals surface area (Å²) >= 11 is 11.9. The summed E-state index contributed by atoms with van der Waals surface area (Å²) in [6, 6.07) is 4.88. The summed E-state index contributed by atoms with van der Waals surface area (Å²) in [4.78, 5) is 26.2. The van der Waals surface area contributed by atoms with Crippen molar-refractivity contribution in [2.45, 2.75) is 12.8 Å². The molecule has 0 aromatic heterocycles. The number of carbonyl (C=O) groups excluding carboxylic acids is 2. The Hall–Kier alpha value is -1.30. The van der Waals surface area contributed by atoms with E-state index in [1.807, 2.05) is 14.1 Å². The molecule has 23 heavy (non-hydrogen) atoms. The number of nitrogens with zero attached hydrogens (tertiary/aromatic N) is 1. The van der Waals surface area contributed by atoms with Crippen LogP contribution in [0.5, 0.6) is 0 Å². The van der Waals surface area contributed by atoms with Gasteiger partial charge in [-0.15, -0.1) is 0 Å². The first-order chi connectivity index (χ1) is 10.9. The number of hydrogen-bond acceptors (Lipinski definition) is 3. The lowest BCUT2D eigenvalue weighted by molar-refractivity contribution is -0.125. The maximum atomic E-state index is 12.2. The van der Waals surface area contributed by atoms with Crippen molar-refractivity contribution in [2.24, 2.45) is 11.8 Å². The van der Waals surface area contributed by atoms with E-state index in [2.05, 4.69) is 15.5 Å². The van der Waals surface area contributed by atoms with E-state index in [1.54, 1.807) is 18.2 Å². The molecule has 2 rings (SSSR count). The van der Waals surface area contributed by atoms with Gasteiger partial charge in [0.25, 0.3) is 0 Å². The van der Waals surface area contributed by atoms with Crippen molar-refractivity contribution < 1.29 is 9.59 Å². The predicted molar refractivity (Wildman–Crippen MR) is 92.9 cm³/mol. The summed E-state index contributed by atoms with van der Waals surface area (Å²) in [5, 5.41) is 6.53. The van der Waals surface area contributed by atoms with Gasteiger partial charge < -0.3 is 15.5 Å². The average Bonchev–Trinajstić information content (AvgIpc) is 3.27. The van der Waals surface area contributed by atoms with Crippen LogP contribution in [0, 0.1) is 11.8 Å². The second-order valence-corrected chi connectivity index (χ2v) is 6.85. The first kappa shape index (κ1) is 18.0. The molecule has 1 aromatic rings. The Balaban J connectivity index is 1.77. The average molecular weight is 358 g/mol. The number of rotatable bonds is 7. The predicted octanol–water partition coefficient (Wildman–Crippen LogP) is 2.64. The van der Waals surface area contributed by atoms with E-state index < -0.39 is 0 Å². The van der Waals surface area contributed by atoms with Crippen LogP contribution in [-0.2, 0) is 9.59 Å². The fraction of sp³-hybridized carbons (Fsp3) is 0.500. The van der Waals surface area contributed by atoms with Crippen molar-refractivity contribution in [3.63, 3.8) is 0 Å². The van der Waals surface area contributed by atoms with Crippen molar-refractivity contribution in [1.29, 1.82) is 0 Å². The van der Waals surface area contributed by atoms with Crippen molar-refractivity contribution in [3.8, 4) is 0 Å². The van der Waals surface area contributed by atoms with Crippen LogP contribution in [-0.4, -0.2) is 43.9 Å². The van der Waals surface area contributed by atoms with Gasteiger partial charge in [0.05, 0.1) is 22.5 Å². The normalized spacial score (nSPS) is 19.5. The molecular formula is C16H21Cl2N3O2. The van der Waals surface area contributed by atoms with Crippen molar-refractivity contribution in [3.05, 3.63) is 28.2 Å². The maximum absolute atomic E-state index is 12.2. The third kappa shape index (κ3) is 5.37. The molecule has 1 fully saturated rings. The lowest BCUT2D eigenvalue weighted by atomic mass is 10.2. The number of benzene rings is 1. The van der Waals surface area contributed by atoms with Gasteiger partial charge in [0.2, 0.25) is 11.8 Å². The van der Waals surface area contributed by atoms with E-state index in [9.17, 15) is 9.59 Å². The zero-order chi connectivity index (χ0) is 17.0. The topological polar surface area (TPSA) is 61.4 Å². The largest absolute Gasteiger partial charge is 0.356 e. The van der Waals surface area contributed by atoms with Crippen molar-refractivity contribution in [2.75, 3.05) is 32.5 Å². The van der Waals surface area contributed by atoms with E-state index >= 15 is 0 Å². The highest BCUT2D eigenvalue weighted by Crippen LogP contribution is 2.40. The molecule has 2 amide bonds. The number of nitrogens with one attached hydrogen (secondary N) is 2. The highest BCUT2D eigenvalue weighted by atomic mass is 35.5. The molecule has 5 nitrogen and oxygen atoms in total. The molecule has 0 heterocycles. The summed E-state index contributed by atoms with van der Waals surface area (Å²) in [5.41, 5.74) is 0.473. The SMILES string of the molecule is CN(C)CCCNC(=O)C1CC1C(=O)Nc1cc(Cl)ccc1Cl. The van der Waals surface area contributed by atoms with Crippen molar-refractivity contribution >= 4 is 40.7 Å². The molecule has 0 spiro atoms. The lowest BCUT2D eigenvalue weighted by Crippen LogP contribution is -2.30. The molecule has 0 aliphatic heterocycles. The first-order valence-electron chi connectivity index (χ1n) is 7.57. The van der Waals surface area contributed by atoms with Crippen LogP contribution in [0.15, 0.2) is 18.2 Å². The fourth-order valence-electron chi connectivity index (χ4n) is 2.33. The van der Waals surface area contributed by atoms with E-state index in [0.717, 1.165) is 13.0 Å². The Kier molecular flexibility index (Phi) is 6.27. The molecule has 1 aromatic carbocycles. The number of carbonyl (C=O) groups is 2. The zero-order valence-corrected chi connectivity index (χ0v) is 14.7. The zero-order valence-electron chi connectivity index (χ0n) is 13.2. The number of anilines is 1. The fourth-order valence-corrected chi connectivity index (χ4v) is 2.67. The van der Waals surface area contributed by atoms with Gasteiger partial charge in [-0.25, -0.2) is 0 Å². The molecular weight excluding hydrogens is 337 g/mol. The molecule has 0 saturated heterocycles. The smallest absolute Gasteiger partial charge is 0.228 e. The van der Waals surface area contributed by atoms with Crippen LogP contribution in [0.2, 0.25) is 10.0 Å². The lowest BCUT2D eigenvalue weighted by Gasteiger charge is -2.10. The number of hydrogen-bond donors (Lipinski definition) is 2. The number of amides is 2. The van der Waals surface area contributed by atoms with Gasteiger partial charge in [0, 0.05) is 11.6 Å². The van der Waals surface area contributed by atoms with Crippen LogP contribution in [0.1, 0.15) is 12.8 Å². The van der Waals surface area contributed by atoms with Gasteiger partial charge >= 0.3 is 0 Å². The van der Waals surface area contributed by atoms with Gasteiger partial charge in [-0.2, -0.15) is 0 Å². The molecule has 0 radical (unpaired) electrons.